The molecule has 0 spiro atoms. The maximum atomic E-state index is 5.70. The minimum atomic E-state index is 0. The molecule has 2 saturated heterocycles. The molecule has 1 aromatic rings. The SMILES string of the molecule is CN=C(NCC(c1ccco1)N1CCCC1)N1CCCC(C)C1.I. The van der Waals surface area contributed by atoms with Crippen LogP contribution in [0, 0.1) is 5.92 Å². The van der Waals surface area contributed by atoms with E-state index in [9.17, 15) is 0 Å². The smallest absolute Gasteiger partial charge is 0.193 e. The highest BCUT2D eigenvalue weighted by molar-refractivity contribution is 14.0. The Morgan fingerprint density at radius 2 is 2.12 bits per heavy atom. The number of guanidine groups is 1. The van der Waals surface area contributed by atoms with Crippen molar-refractivity contribution in [1.82, 2.24) is 15.1 Å². The Morgan fingerprint density at radius 1 is 1.33 bits per heavy atom. The summed E-state index contributed by atoms with van der Waals surface area (Å²) in [5.41, 5.74) is 0. The number of furan rings is 1. The van der Waals surface area contributed by atoms with Crippen molar-refractivity contribution >= 4 is 29.9 Å². The molecule has 0 saturated carbocycles. The summed E-state index contributed by atoms with van der Waals surface area (Å²) in [7, 11) is 1.89. The van der Waals surface area contributed by atoms with Gasteiger partial charge in [0.05, 0.1) is 12.3 Å². The molecule has 2 aliphatic heterocycles. The van der Waals surface area contributed by atoms with E-state index in [-0.39, 0.29) is 24.0 Å². The van der Waals surface area contributed by atoms with E-state index in [2.05, 4.69) is 33.1 Å². The van der Waals surface area contributed by atoms with Crippen LogP contribution in [-0.4, -0.2) is 55.5 Å². The lowest BCUT2D eigenvalue weighted by Crippen LogP contribution is -2.48. The predicted molar refractivity (Wildman–Crippen MR) is 109 cm³/mol. The largest absolute Gasteiger partial charge is 0.468 e. The van der Waals surface area contributed by atoms with Gasteiger partial charge in [-0.15, -0.1) is 24.0 Å². The van der Waals surface area contributed by atoms with E-state index in [0.717, 1.165) is 50.4 Å². The third-order valence-electron chi connectivity index (χ3n) is 5.07. The quantitative estimate of drug-likeness (QED) is 0.438. The molecule has 5 nitrogen and oxygen atoms in total. The Morgan fingerprint density at radius 3 is 2.75 bits per heavy atom. The third kappa shape index (κ3) is 4.88. The number of nitrogens with one attached hydrogen (secondary N) is 1. The van der Waals surface area contributed by atoms with Gasteiger partial charge in [0.15, 0.2) is 5.96 Å². The normalized spacial score (nSPS) is 23.8. The van der Waals surface area contributed by atoms with E-state index in [1.54, 1.807) is 6.26 Å². The fraction of sp³-hybridized carbons (Fsp3) is 0.722. The zero-order valence-electron chi connectivity index (χ0n) is 14.9. The first-order valence-electron chi connectivity index (χ1n) is 9.01. The number of hydrogen-bond donors (Lipinski definition) is 1. The molecule has 0 bridgehead atoms. The number of piperidine rings is 1. The second-order valence-electron chi connectivity index (χ2n) is 6.90. The zero-order chi connectivity index (χ0) is 16.1. The third-order valence-corrected chi connectivity index (χ3v) is 5.07. The molecule has 136 valence electrons. The van der Waals surface area contributed by atoms with Crippen LogP contribution in [0.4, 0.5) is 0 Å². The molecule has 2 aliphatic rings. The van der Waals surface area contributed by atoms with Crippen LogP contribution in [0.2, 0.25) is 0 Å². The Bertz CT molecular complexity index is 499. The molecule has 0 amide bonds. The number of nitrogens with zero attached hydrogens (tertiary/aromatic N) is 3. The first kappa shape index (κ1) is 19.6. The molecule has 2 atom stereocenters. The van der Waals surface area contributed by atoms with Gasteiger partial charge in [-0.05, 0) is 56.8 Å². The van der Waals surface area contributed by atoms with Crippen molar-refractivity contribution in [3.63, 3.8) is 0 Å². The Kier molecular flexibility index (Phi) is 7.87. The van der Waals surface area contributed by atoms with Gasteiger partial charge >= 0.3 is 0 Å². The summed E-state index contributed by atoms with van der Waals surface area (Å²) < 4.78 is 5.70. The highest BCUT2D eigenvalue weighted by Crippen LogP contribution is 2.25. The standard InChI is InChI=1S/C18H30N4O.HI/c1-15-7-5-11-22(14-15)18(19-2)20-13-16(17-8-6-12-23-17)21-9-3-4-10-21;/h6,8,12,15-16H,3-5,7,9-11,13-14H2,1-2H3,(H,19,20);1H. The number of aliphatic imine (C=N–C) groups is 1. The van der Waals surface area contributed by atoms with Crippen molar-refractivity contribution in [2.45, 2.75) is 38.6 Å². The number of halogens is 1. The number of rotatable bonds is 4. The highest BCUT2D eigenvalue weighted by Gasteiger charge is 2.27. The Balaban J connectivity index is 0.00000208. The lowest BCUT2D eigenvalue weighted by atomic mass is 10.0. The van der Waals surface area contributed by atoms with E-state index in [4.69, 9.17) is 4.42 Å². The molecule has 24 heavy (non-hydrogen) atoms. The Hall–Kier alpha value is -0.760. The summed E-state index contributed by atoms with van der Waals surface area (Å²) in [6.45, 7) is 7.72. The van der Waals surface area contributed by atoms with E-state index in [1.165, 1.54) is 25.7 Å². The van der Waals surface area contributed by atoms with Crippen LogP contribution in [0.5, 0.6) is 0 Å². The van der Waals surface area contributed by atoms with Gasteiger partial charge < -0.3 is 14.6 Å². The molecule has 2 unspecified atom stereocenters. The van der Waals surface area contributed by atoms with Crippen LogP contribution in [0.1, 0.15) is 44.4 Å². The van der Waals surface area contributed by atoms with Crippen molar-refractivity contribution in [2.75, 3.05) is 39.8 Å². The molecule has 0 aliphatic carbocycles. The van der Waals surface area contributed by atoms with Gasteiger partial charge in [0.2, 0.25) is 0 Å². The molecule has 0 radical (unpaired) electrons. The van der Waals surface area contributed by atoms with Crippen LogP contribution in [0.25, 0.3) is 0 Å². The molecule has 1 aromatic heterocycles. The van der Waals surface area contributed by atoms with Crippen LogP contribution in [0.15, 0.2) is 27.8 Å². The monoisotopic (exact) mass is 446 g/mol. The number of hydrogen-bond acceptors (Lipinski definition) is 3. The van der Waals surface area contributed by atoms with Crippen molar-refractivity contribution < 1.29 is 4.42 Å². The van der Waals surface area contributed by atoms with Crippen LogP contribution >= 0.6 is 24.0 Å². The maximum absolute atomic E-state index is 5.70. The lowest BCUT2D eigenvalue weighted by Gasteiger charge is -2.35. The summed E-state index contributed by atoms with van der Waals surface area (Å²) in [5.74, 6) is 2.84. The summed E-state index contributed by atoms with van der Waals surface area (Å²) in [6, 6.07) is 4.38. The van der Waals surface area contributed by atoms with Gasteiger partial charge in [0.25, 0.3) is 0 Å². The van der Waals surface area contributed by atoms with E-state index >= 15 is 0 Å². The Labute approximate surface area is 162 Å². The first-order valence-corrected chi connectivity index (χ1v) is 9.01. The molecule has 3 rings (SSSR count). The number of likely N-dealkylation sites (tertiary alicyclic amines) is 2. The molecule has 2 fully saturated rings. The fourth-order valence-electron chi connectivity index (χ4n) is 3.85. The predicted octanol–water partition coefficient (Wildman–Crippen LogP) is 3.34. The van der Waals surface area contributed by atoms with Gasteiger partial charge in [-0.3, -0.25) is 9.89 Å². The minimum absolute atomic E-state index is 0. The fourth-order valence-corrected chi connectivity index (χ4v) is 3.85. The minimum Gasteiger partial charge on any atom is -0.468 e. The second kappa shape index (κ2) is 9.65. The summed E-state index contributed by atoms with van der Waals surface area (Å²) in [4.78, 5) is 9.43. The van der Waals surface area contributed by atoms with Crippen molar-refractivity contribution in [2.24, 2.45) is 10.9 Å². The molecular formula is C18H31IN4O. The average Bonchev–Trinajstić information content (AvgIpc) is 3.25. The molecule has 3 heterocycles. The maximum Gasteiger partial charge on any atom is 0.193 e. The summed E-state index contributed by atoms with van der Waals surface area (Å²) in [5, 5.41) is 3.60. The van der Waals surface area contributed by atoms with Crippen LogP contribution in [-0.2, 0) is 0 Å². The van der Waals surface area contributed by atoms with Crippen LogP contribution in [0.3, 0.4) is 0 Å². The van der Waals surface area contributed by atoms with E-state index in [1.807, 2.05) is 13.1 Å². The first-order chi connectivity index (χ1) is 11.3. The zero-order valence-corrected chi connectivity index (χ0v) is 17.2. The van der Waals surface area contributed by atoms with Crippen LogP contribution < -0.4 is 5.32 Å². The topological polar surface area (TPSA) is 44.0 Å². The second-order valence-corrected chi connectivity index (χ2v) is 6.90. The summed E-state index contributed by atoms with van der Waals surface area (Å²) >= 11 is 0. The van der Waals surface area contributed by atoms with Gasteiger partial charge in [0, 0.05) is 26.7 Å². The van der Waals surface area contributed by atoms with Gasteiger partial charge in [-0.1, -0.05) is 6.92 Å². The molecule has 0 aromatic carbocycles. The summed E-state index contributed by atoms with van der Waals surface area (Å²) in [6.07, 6.45) is 6.94. The lowest BCUT2D eigenvalue weighted by molar-refractivity contribution is 0.211. The van der Waals surface area contributed by atoms with Crippen molar-refractivity contribution in [1.29, 1.82) is 0 Å². The van der Waals surface area contributed by atoms with Gasteiger partial charge in [-0.2, -0.15) is 0 Å². The van der Waals surface area contributed by atoms with Gasteiger partial charge in [-0.25, -0.2) is 0 Å². The van der Waals surface area contributed by atoms with Crippen molar-refractivity contribution in [3.05, 3.63) is 24.2 Å². The average molecular weight is 446 g/mol. The molecule has 1 N–H and O–H groups in total. The molecular weight excluding hydrogens is 415 g/mol. The van der Waals surface area contributed by atoms with Gasteiger partial charge in [0.1, 0.15) is 5.76 Å². The van der Waals surface area contributed by atoms with Crippen molar-refractivity contribution in [3.8, 4) is 0 Å². The molecule has 6 heteroatoms. The van der Waals surface area contributed by atoms with E-state index in [0.29, 0.717) is 6.04 Å². The highest BCUT2D eigenvalue weighted by atomic mass is 127. The van der Waals surface area contributed by atoms with E-state index < -0.39 is 0 Å².